The van der Waals surface area contributed by atoms with E-state index >= 15 is 0 Å². The molecule has 0 aromatic heterocycles. The van der Waals surface area contributed by atoms with Crippen molar-refractivity contribution in [2.45, 2.75) is 25.4 Å². The second-order valence-electron chi connectivity index (χ2n) is 4.84. The van der Waals surface area contributed by atoms with E-state index in [0.29, 0.717) is 6.04 Å². The van der Waals surface area contributed by atoms with Gasteiger partial charge in [-0.2, -0.15) is 0 Å². The van der Waals surface area contributed by atoms with Crippen LogP contribution < -0.4 is 10.1 Å². The van der Waals surface area contributed by atoms with Gasteiger partial charge in [0.1, 0.15) is 5.75 Å². The summed E-state index contributed by atoms with van der Waals surface area (Å²) in [5.74, 6) is 0.940. The lowest BCUT2D eigenvalue weighted by atomic mass is 10.2. The SMILES string of the molecule is COc1cccc(CN(C)C[C@@H]2CCCN2)c1. The molecule has 0 saturated carbocycles. The van der Waals surface area contributed by atoms with Crippen LogP contribution in [0.15, 0.2) is 24.3 Å². The van der Waals surface area contributed by atoms with Gasteiger partial charge in [-0.3, -0.25) is 0 Å². The molecule has 1 aliphatic heterocycles. The van der Waals surface area contributed by atoms with E-state index in [9.17, 15) is 0 Å². The number of benzene rings is 1. The van der Waals surface area contributed by atoms with E-state index in [1.54, 1.807) is 7.11 Å². The number of hydrogen-bond acceptors (Lipinski definition) is 3. The van der Waals surface area contributed by atoms with Crippen molar-refractivity contribution >= 4 is 0 Å². The lowest BCUT2D eigenvalue weighted by Crippen LogP contribution is -2.34. The van der Waals surface area contributed by atoms with Crippen molar-refractivity contribution in [3.05, 3.63) is 29.8 Å². The molecule has 0 aliphatic carbocycles. The molecule has 1 aromatic carbocycles. The Morgan fingerprint density at radius 3 is 3.06 bits per heavy atom. The van der Waals surface area contributed by atoms with E-state index in [1.165, 1.54) is 24.9 Å². The quantitative estimate of drug-likeness (QED) is 0.842. The third-order valence-corrected chi connectivity index (χ3v) is 3.28. The summed E-state index contributed by atoms with van der Waals surface area (Å²) in [6, 6.07) is 8.97. The van der Waals surface area contributed by atoms with E-state index in [4.69, 9.17) is 4.74 Å². The van der Waals surface area contributed by atoms with Gasteiger partial charge in [0.2, 0.25) is 0 Å². The van der Waals surface area contributed by atoms with Gasteiger partial charge in [-0.05, 0) is 44.1 Å². The molecule has 3 nitrogen and oxygen atoms in total. The number of ether oxygens (including phenoxy) is 1. The maximum Gasteiger partial charge on any atom is 0.119 e. The number of hydrogen-bond donors (Lipinski definition) is 1. The molecular weight excluding hydrogens is 212 g/mol. The first-order valence-electron chi connectivity index (χ1n) is 6.33. The minimum atomic E-state index is 0.672. The summed E-state index contributed by atoms with van der Waals surface area (Å²) in [6.45, 7) is 3.28. The van der Waals surface area contributed by atoms with Gasteiger partial charge in [-0.15, -0.1) is 0 Å². The average molecular weight is 234 g/mol. The van der Waals surface area contributed by atoms with Gasteiger partial charge in [0, 0.05) is 19.1 Å². The molecule has 94 valence electrons. The summed E-state index contributed by atoms with van der Waals surface area (Å²) in [7, 11) is 3.89. The second kappa shape index (κ2) is 6.03. The first kappa shape index (κ1) is 12.4. The molecule has 0 spiro atoms. The van der Waals surface area contributed by atoms with Gasteiger partial charge >= 0.3 is 0 Å². The number of nitrogens with zero attached hydrogens (tertiary/aromatic N) is 1. The normalized spacial score (nSPS) is 19.8. The number of methoxy groups -OCH3 is 1. The van der Waals surface area contributed by atoms with Gasteiger partial charge < -0.3 is 15.0 Å². The molecule has 1 N–H and O–H groups in total. The molecule has 1 heterocycles. The molecule has 1 aliphatic rings. The number of likely N-dealkylation sites (N-methyl/N-ethyl adjacent to an activating group) is 1. The molecule has 1 fully saturated rings. The summed E-state index contributed by atoms with van der Waals surface area (Å²) < 4.78 is 5.24. The van der Waals surface area contributed by atoms with Crippen molar-refractivity contribution in [2.75, 3.05) is 27.2 Å². The van der Waals surface area contributed by atoms with Crippen LogP contribution in [0.4, 0.5) is 0 Å². The monoisotopic (exact) mass is 234 g/mol. The highest BCUT2D eigenvalue weighted by molar-refractivity contribution is 5.28. The van der Waals surface area contributed by atoms with E-state index in [-0.39, 0.29) is 0 Å². The summed E-state index contributed by atoms with van der Waals surface area (Å²) in [5, 5.41) is 3.53. The van der Waals surface area contributed by atoms with Crippen LogP contribution in [-0.2, 0) is 6.54 Å². The fraction of sp³-hybridized carbons (Fsp3) is 0.571. The molecule has 1 aromatic rings. The molecule has 0 unspecified atom stereocenters. The molecule has 1 atom stereocenters. The highest BCUT2D eigenvalue weighted by Gasteiger charge is 2.15. The predicted molar refractivity (Wildman–Crippen MR) is 70.4 cm³/mol. The zero-order valence-corrected chi connectivity index (χ0v) is 10.8. The Balaban J connectivity index is 1.85. The highest BCUT2D eigenvalue weighted by atomic mass is 16.5. The first-order valence-corrected chi connectivity index (χ1v) is 6.33. The third-order valence-electron chi connectivity index (χ3n) is 3.28. The van der Waals surface area contributed by atoms with Crippen molar-refractivity contribution in [3.63, 3.8) is 0 Å². The van der Waals surface area contributed by atoms with Gasteiger partial charge in [-0.1, -0.05) is 12.1 Å². The predicted octanol–water partition coefficient (Wildman–Crippen LogP) is 1.88. The molecule has 0 bridgehead atoms. The molecule has 1 saturated heterocycles. The lowest BCUT2D eigenvalue weighted by molar-refractivity contribution is 0.292. The molecule has 0 amide bonds. The van der Waals surface area contributed by atoms with E-state index in [1.807, 2.05) is 6.07 Å². The Bertz CT molecular complexity index is 348. The minimum Gasteiger partial charge on any atom is -0.497 e. The first-order chi connectivity index (χ1) is 8.28. The lowest BCUT2D eigenvalue weighted by Gasteiger charge is -2.21. The van der Waals surface area contributed by atoms with Crippen LogP contribution >= 0.6 is 0 Å². The van der Waals surface area contributed by atoms with Crippen LogP contribution in [0.25, 0.3) is 0 Å². The van der Waals surface area contributed by atoms with Gasteiger partial charge in [0.15, 0.2) is 0 Å². The van der Waals surface area contributed by atoms with Crippen LogP contribution in [0.1, 0.15) is 18.4 Å². The summed E-state index contributed by atoms with van der Waals surface area (Å²) in [5.41, 5.74) is 1.31. The summed E-state index contributed by atoms with van der Waals surface area (Å²) >= 11 is 0. The van der Waals surface area contributed by atoms with E-state index in [2.05, 4.69) is 35.5 Å². The molecule has 17 heavy (non-hydrogen) atoms. The number of rotatable bonds is 5. The number of nitrogens with one attached hydrogen (secondary N) is 1. The van der Waals surface area contributed by atoms with Crippen molar-refractivity contribution in [3.8, 4) is 5.75 Å². The van der Waals surface area contributed by atoms with Crippen molar-refractivity contribution in [1.29, 1.82) is 0 Å². The Labute approximate surface area is 104 Å². The standard InChI is InChI=1S/C14H22N2O/c1-16(11-13-6-4-8-15-13)10-12-5-3-7-14(9-12)17-2/h3,5,7,9,13,15H,4,6,8,10-11H2,1-2H3/t13-/m0/s1. The van der Waals surface area contributed by atoms with Crippen molar-refractivity contribution in [1.82, 2.24) is 10.2 Å². The Morgan fingerprint density at radius 1 is 1.47 bits per heavy atom. The topological polar surface area (TPSA) is 24.5 Å². The summed E-state index contributed by atoms with van der Waals surface area (Å²) in [6.07, 6.45) is 2.63. The zero-order valence-electron chi connectivity index (χ0n) is 10.8. The largest absolute Gasteiger partial charge is 0.497 e. The van der Waals surface area contributed by atoms with E-state index in [0.717, 1.165) is 18.8 Å². The minimum absolute atomic E-state index is 0.672. The Kier molecular flexibility index (Phi) is 4.40. The molecule has 0 radical (unpaired) electrons. The van der Waals surface area contributed by atoms with Gasteiger partial charge in [0.05, 0.1) is 7.11 Å². The smallest absolute Gasteiger partial charge is 0.119 e. The average Bonchev–Trinajstić information content (AvgIpc) is 2.82. The molecular formula is C14H22N2O. The van der Waals surface area contributed by atoms with E-state index < -0.39 is 0 Å². The van der Waals surface area contributed by atoms with Crippen LogP contribution in [0.3, 0.4) is 0 Å². The zero-order chi connectivity index (χ0) is 12.1. The van der Waals surface area contributed by atoms with Gasteiger partial charge in [-0.25, -0.2) is 0 Å². The maximum absolute atomic E-state index is 5.24. The molecule has 3 heteroatoms. The Hall–Kier alpha value is -1.06. The van der Waals surface area contributed by atoms with Crippen LogP contribution in [0, 0.1) is 0 Å². The van der Waals surface area contributed by atoms with Gasteiger partial charge in [0.25, 0.3) is 0 Å². The fourth-order valence-corrected chi connectivity index (χ4v) is 2.44. The maximum atomic E-state index is 5.24. The van der Waals surface area contributed by atoms with Crippen LogP contribution in [0.5, 0.6) is 5.75 Å². The second-order valence-corrected chi connectivity index (χ2v) is 4.84. The van der Waals surface area contributed by atoms with Crippen molar-refractivity contribution < 1.29 is 4.74 Å². The highest BCUT2D eigenvalue weighted by Crippen LogP contribution is 2.14. The van der Waals surface area contributed by atoms with Crippen LogP contribution in [-0.4, -0.2) is 38.2 Å². The van der Waals surface area contributed by atoms with Crippen LogP contribution in [0.2, 0.25) is 0 Å². The Morgan fingerprint density at radius 2 is 2.35 bits per heavy atom. The fourth-order valence-electron chi connectivity index (χ4n) is 2.44. The third kappa shape index (κ3) is 3.72. The summed E-state index contributed by atoms with van der Waals surface area (Å²) in [4.78, 5) is 2.37. The van der Waals surface area contributed by atoms with Crippen molar-refractivity contribution in [2.24, 2.45) is 0 Å². The molecule has 2 rings (SSSR count).